The van der Waals surface area contributed by atoms with Crippen molar-refractivity contribution in [2.75, 3.05) is 64.8 Å². The average Bonchev–Trinajstić information content (AvgIpc) is 3.57. The van der Waals surface area contributed by atoms with Crippen LogP contribution in [0.3, 0.4) is 0 Å². The molecule has 6 saturated heterocycles. The van der Waals surface area contributed by atoms with E-state index in [4.69, 9.17) is 9.47 Å². The summed E-state index contributed by atoms with van der Waals surface area (Å²) in [5.41, 5.74) is 2.00. The fourth-order valence-corrected chi connectivity index (χ4v) is 10.8. The van der Waals surface area contributed by atoms with Gasteiger partial charge in [0, 0.05) is 52.1 Å². The number of hydrogen-bond acceptors (Lipinski definition) is 6. The lowest BCUT2D eigenvalue weighted by Crippen LogP contribution is -2.63. The molecule has 6 aliphatic rings. The summed E-state index contributed by atoms with van der Waals surface area (Å²) in [6.07, 6.45) is 9.84. The molecule has 0 N–H and O–H groups in total. The maximum Gasteiger partial charge on any atom is 0.0751 e. The van der Waals surface area contributed by atoms with Crippen molar-refractivity contribution in [2.24, 2.45) is 16.2 Å². The number of hydrogen-bond donors (Lipinski definition) is 0. The van der Waals surface area contributed by atoms with E-state index in [-0.39, 0.29) is 5.54 Å². The van der Waals surface area contributed by atoms with Gasteiger partial charge >= 0.3 is 0 Å². The molecule has 0 aromatic heterocycles. The van der Waals surface area contributed by atoms with Crippen LogP contribution in [0.5, 0.6) is 0 Å². The average molecular weight is 534 g/mol. The van der Waals surface area contributed by atoms with Crippen molar-refractivity contribution in [3.05, 3.63) is 0 Å². The molecule has 6 fully saturated rings. The SMILES string of the molecule is CC(N1CCC2(CCOC2C2CC3(CCN(C(C)(C)C)C3)CS2)CC1)C(C)(C)N1CCC2(CC1)COC2. The van der Waals surface area contributed by atoms with Gasteiger partial charge in [-0.2, -0.15) is 11.8 Å². The molecule has 4 atom stereocenters. The fourth-order valence-electron chi connectivity index (χ4n) is 8.86. The third-order valence-electron chi connectivity index (χ3n) is 12.3. The summed E-state index contributed by atoms with van der Waals surface area (Å²) in [6, 6.07) is 0.586. The van der Waals surface area contributed by atoms with Gasteiger partial charge in [0.15, 0.2) is 0 Å². The summed E-state index contributed by atoms with van der Waals surface area (Å²) in [7, 11) is 0. The van der Waals surface area contributed by atoms with Crippen LogP contribution >= 0.6 is 11.8 Å². The third kappa shape index (κ3) is 4.86. The number of nitrogens with zero attached hydrogens (tertiary/aromatic N) is 3. The lowest BCUT2D eigenvalue weighted by Gasteiger charge is -2.55. The van der Waals surface area contributed by atoms with Crippen LogP contribution in [0.15, 0.2) is 0 Å². The van der Waals surface area contributed by atoms with Crippen molar-refractivity contribution in [1.29, 1.82) is 0 Å². The first kappa shape index (κ1) is 27.3. The number of ether oxygens (including phenoxy) is 2. The first-order valence-corrected chi connectivity index (χ1v) is 16.6. The highest BCUT2D eigenvalue weighted by Crippen LogP contribution is 2.56. The van der Waals surface area contributed by atoms with Crippen molar-refractivity contribution in [3.8, 4) is 0 Å². The summed E-state index contributed by atoms with van der Waals surface area (Å²) >= 11 is 2.27. The van der Waals surface area contributed by atoms with Gasteiger partial charge in [0.25, 0.3) is 0 Å². The van der Waals surface area contributed by atoms with Crippen LogP contribution in [-0.4, -0.2) is 108 Å². The van der Waals surface area contributed by atoms with E-state index in [1.807, 2.05) is 0 Å². The molecule has 0 amide bonds. The van der Waals surface area contributed by atoms with E-state index in [2.05, 4.69) is 68.0 Å². The van der Waals surface area contributed by atoms with Gasteiger partial charge < -0.3 is 9.47 Å². The van der Waals surface area contributed by atoms with Crippen molar-refractivity contribution in [2.45, 2.75) is 115 Å². The molecule has 6 heterocycles. The molecule has 0 aliphatic carbocycles. The zero-order valence-corrected chi connectivity index (χ0v) is 25.6. The topological polar surface area (TPSA) is 28.2 Å². The summed E-state index contributed by atoms with van der Waals surface area (Å²) in [5, 5.41) is 0.707. The largest absolute Gasteiger partial charge is 0.380 e. The van der Waals surface area contributed by atoms with Gasteiger partial charge in [0.05, 0.1) is 19.3 Å². The molecule has 212 valence electrons. The van der Waals surface area contributed by atoms with Crippen molar-refractivity contribution in [1.82, 2.24) is 14.7 Å². The highest BCUT2D eigenvalue weighted by molar-refractivity contribution is 8.00. The van der Waals surface area contributed by atoms with E-state index in [1.54, 1.807) is 0 Å². The summed E-state index contributed by atoms with van der Waals surface area (Å²) in [6.45, 7) is 25.2. The van der Waals surface area contributed by atoms with Crippen molar-refractivity contribution in [3.63, 3.8) is 0 Å². The Hall–Kier alpha value is 0.150. The highest BCUT2D eigenvalue weighted by atomic mass is 32.2. The van der Waals surface area contributed by atoms with E-state index in [1.165, 1.54) is 90.0 Å². The first-order valence-electron chi connectivity index (χ1n) is 15.5. The molecule has 0 bridgehead atoms. The molecule has 6 rings (SSSR count). The Bertz CT molecular complexity index is 821. The number of piperidine rings is 2. The quantitative estimate of drug-likeness (QED) is 0.497. The molecule has 0 radical (unpaired) electrons. The minimum atomic E-state index is 0.220. The molecule has 0 aromatic carbocycles. The Labute approximate surface area is 231 Å². The lowest BCUT2D eigenvalue weighted by molar-refractivity contribution is -0.151. The van der Waals surface area contributed by atoms with Crippen LogP contribution in [-0.2, 0) is 9.47 Å². The zero-order valence-electron chi connectivity index (χ0n) is 24.8. The summed E-state index contributed by atoms with van der Waals surface area (Å²) < 4.78 is 12.2. The molecule has 0 saturated carbocycles. The molecular weight excluding hydrogens is 478 g/mol. The van der Waals surface area contributed by atoms with E-state index >= 15 is 0 Å². The molecular formula is C31H55N3O2S. The van der Waals surface area contributed by atoms with Crippen LogP contribution in [0.1, 0.15) is 86.5 Å². The third-order valence-corrected chi connectivity index (χ3v) is 13.9. The van der Waals surface area contributed by atoms with E-state index in [0.29, 0.717) is 39.2 Å². The lowest BCUT2D eigenvalue weighted by atomic mass is 9.69. The Morgan fingerprint density at radius 2 is 1.46 bits per heavy atom. The molecule has 6 heteroatoms. The number of thioether (sulfide) groups is 1. The number of rotatable bonds is 4. The Morgan fingerprint density at radius 3 is 2.05 bits per heavy atom. The van der Waals surface area contributed by atoms with Crippen LogP contribution < -0.4 is 0 Å². The summed E-state index contributed by atoms with van der Waals surface area (Å²) in [4.78, 5) is 8.37. The van der Waals surface area contributed by atoms with Crippen LogP contribution in [0.2, 0.25) is 0 Å². The molecule has 4 unspecified atom stereocenters. The molecule has 3 spiro atoms. The second kappa shape index (κ2) is 9.62. The number of likely N-dealkylation sites (tertiary alicyclic amines) is 3. The van der Waals surface area contributed by atoms with Crippen LogP contribution in [0.25, 0.3) is 0 Å². The minimum Gasteiger partial charge on any atom is -0.380 e. The molecule has 5 nitrogen and oxygen atoms in total. The monoisotopic (exact) mass is 533 g/mol. The van der Waals surface area contributed by atoms with Gasteiger partial charge in [-0.05, 0) is 125 Å². The Morgan fingerprint density at radius 1 is 0.811 bits per heavy atom. The van der Waals surface area contributed by atoms with Crippen molar-refractivity contribution < 1.29 is 9.47 Å². The minimum absolute atomic E-state index is 0.220. The van der Waals surface area contributed by atoms with Gasteiger partial charge in [-0.25, -0.2) is 0 Å². The fraction of sp³-hybridized carbons (Fsp3) is 1.00. The maximum absolute atomic E-state index is 6.65. The van der Waals surface area contributed by atoms with Gasteiger partial charge in [-0.3, -0.25) is 14.7 Å². The first-order chi connectivity index (χ1) is 17.5. The van der Waals surface area contributed by atoms with E-state index in [9.17, 15) is 0 Å². The molecule has 0 aromatic rings. The summed E-state index contributed by atoms with van der Waals surface area (Å²) in [5.74, 6) is 1.35. The second-order valence-electron chi connectivity index (χ2n) is 15.6. The van der Waals surface area contributed by atoms with E-state index in [0.717, 1.165) is 19.8 Å². The zero-order chi connectivity index (χ0) is 26.1. The van der Waals surface area contributed by atoms with Gasteiger partial charge in [0.2, 0.25) is 0 Å². The van der Waals surface area contributed by atoms with Crippen molar-refractivity contribution >= 4 is 11.8 Å². The Kier molecular flexibility index (Phi) is 7.10. The van der Waals surface area contributed by atoms with E-state index < -0.39 is 0 Å². The van der Waals surface area contributed by atoms with Crippen LogP contribution in [0.4, 0.5) is 0 Å². The van der Waals surface area contributed by atoms with Gasteiger partial charge in [-0.15, -0.1) is 0 Å². The maximum atomic E-state index is 6.65. The predicted molar refractivity (Wildman–Crippen MR) is 154 cm³/mol. The molecule has 6 aliphatic heterocycles. The normalized spacial score (nSPS) is 38.1. The van der Waals surface area contributed by atoms with Crippen LogP contribution in [0, 0.1) is 16.2 Å². The van der Waals surface area contributed by atoms with Gasteiger partial charge in [0.1, 0.15) is 0 Å². The standard InChI is InChI=1S/C31H55N3O2S/c1-24(28(5,6)33-15-7-29(8-16-33)21-35-22-29)32-13-10-31(11-14-32)12-18-36-26(31)25-19-30(23-37-25)9-17-34(20-30)27(2,3)4/h24-26H,7-23H2,1-6H3. The predicted octanol–water partition coefficient (Wildman–Crippen LogP) is 5.13. The Balaban J connectivity index is 1.05. The van der Waals surface area contributed by atoms with Gasteiger partial charge in [-0.1, -0.05) is 0 Å². The highest BCUT2D eigenvalue weighted by Gasteiger charge is 2.56. The smallest absolute Gasteiger partial charge is 0.0751 e. The second-order valence-corrected chi connectivity index (χ2v) is 16.9. The molecule has 37 heavy (non-hydrogen) atoms.